The van der Waals surface area contributed by atoms with Crippen molar-refractivity contribution in [3.05, 3.63) is 12.3 Å². The molecule has 1 fully saturated rings. The van der Waals surface area contributed by atoms with Gasteiger partial charge in [0.05, 0.1) is 0 Å². The average molecular weight is 123 g/mol. The molecule has 0 aromatic rings. The van der Waals surface area contributed by atoms with Gasteiger partial charge in [-0.25, -0.2) is 0 Å². The smallest absolute Gasteiger partial charge is 0.0319 e. The van der Waals surface area contributed by atoms with Gasteiger partial charge in [-0.1, -0.05) is 6.08 Å². The molecule has 0 saturated carbocycles. The maximum Gasteiger partial charge on any atom is 0.0319 e. The van der Waals surface area contributed by atoms with Crippen LogP contribution in [0.15, 0.2) is 12.3 Å². The zero-order chi connectivity index (χ0) is 6.10. The van der Waals surface area contributed by atoms with E-state index >= 15 is 0 Å². The van der Waals surface area contributed by atoms with E-state index in [0.717, 1.165) is 6.04 Å². The van der Waals surface area contributed by atoms with Gasteiger partial charge in [0, 0.05) is 12.6 Å². The molecule has 1 unspecified atom stereocenters. The molecule has 1 atom stereocenters. The number of hydrogen-bond donors (Lipinski definition) is 0. The van der Waals surface area contributed by atoms with Crippen LogP contribution in [0.1, 0.15) is 25.7 Å². The predicted molar refractivity (Wildman–Crippen MR) is 38.1 cm³/mol. The normalized spacial score (nSPS) is 32.9. The highest BCUT2D eigenvalue weighted by Gasteiger charge is 2.21. The van der Waals surface area contributed by atoms with Crippen molar-refractivity contribution in [3.63, 3.8) is 0 Å². The molecule has 1 saturated heterocycles. The minimum Gasteiger partial charge on any atom is -0.374 e. The standard InChI is InChI=1S/C8H13N/c1-2-6-9-7-3-5-8(9)4-1/h3,7-8H,1-2,4-6H2. The van der Waals surface area contributed by atoms with E-state index in [4.69, 9.17) is 0 Å². The van der Waals surface area contributed by atoms with Crippen molar-refractivity contribution in [1.82, 2.24) is 4.90 Å². The summed E-state index contributed by atoms with van der Waals surface area (Å²) in [4.78, 5) is 2.49. The van der Waals surface area contributed by atoms with Gasteiger partial charge in [0.1, 0.15) is 0 Å². The summed E-state index contributed by atoms with van der Waals surface area (Å²) in [5.41, 5.74) is 0. The monoisotopic (exact) mass is 123 g/mol. The van der Waals surface area contributed by atoms with E-state index < -0.39 is 0 Å². The maximum atomic E-state index is 2.49. The Morgan fingerprint density at radius 3 is 3.22 bits per heavy atom. The lowest BCUT2D eigenvalue weighted by Crippen LogP contribution is -2.31. The fourth-order valence-electron chi connectivity index (χ4n) is 1.83. The SMILES string of the molecule is C1=CN2CCCCC2C1. The highest BCUT2D eigenvalue weighted by atomic mass is 15.2. The third kappa shape index (κ3) is 0.846. The topological polar surface area (TPSA) is 3.24 Å². The van der Waals surface area contributed by atoms with Crippen molar-refractivity contribution >= 4 is 0 Å². The summed E-state index contributed by atoms with van der Waals surface area (Å²) < 4.78 is 0. The first-order valence-electron chi connectivity index (χ1n) is 3.89. The fraction of sp³-hybridized carbons (Fsp3) is 0.750. The van der Waals surface area contributed by atoms with Crippen molar-refractivity contribution in [2.75, 3.05) is 6.54 Å². The van der Waals surface area contributed by atoms with Crippen molar-refractivity contribution in [3.8, 4) is 0 Å². The second-order valence-electron chi connectivity index (χ2n) is 3.01. The third-order valence-electron chi connectivity index (χ3n) is 2.38. The molecule has 0 amide bonds. The third-order valence-corrected chi connectivity index (χ3v) is 2.38. The van der Waals surface area contributed by atoms with Gasteiger partial charge in [-0.05, 0) is 31.9 Å². The molecule has 0 aliphatic carbocycles. The molecule has 9 heavy (non-hydrogen) atoms. The van der Waals surface area contributed by atoms with E-state index in [1.165, 1.54) is 32.2 Å². The number of piperidine rings is 1. The lowest BCUT2D eigenvalue weighted by molar-refractivity contribution is 0.233. The van der Waals surface area contributed by atoms with Gasteiger partial charge in [0.2, 0.25) is 0 Å². The van der Waals surface area contributed by atoms with Gasteiger partial charge in [0.25, 0.3) is 0 Å². The lowest BCUT2D eigenvalue weighted by Gasteiger charge is -2.30. The first-order chi connectivity index (χ1) is 4.47. The van der Waals surface area contributed by atoms with Crippen molar-refractivity contribution in [1.29, 1.82) is 0 Å². The Hall–Kier alpha value is -0.460. The molecule has 2 aliphatic heterocycles. The van der Waals surface area contributed by atoms with Crippen LogP contribution in [0.5, 0.6) is 0 Å². The molecule has 0 aromatic carbocycles. The van der Waals surface area contributed by atoms with Gasteiger partial charge in [-0.2, -0.15) is 0 Å². The first-order valence-corrected chi connectivity index (χ1v) is 3.89. The summed E-state index contributed by atoms with van der Waals surface area (Å²) in [7, 11) is 0. The predicted octanol–water partition coefficient (Wildman–Crippen LogP) is 1.76. The van der Waals surface area contributed by atoms with Gasteiger partial charge in [0.15, 0.2) is 0 Å². The Kier molecular flexibility index (Phi) is 1.22. The van der Waals surface area contributed by atoms with Crippen LogP contribution in [-0.4, -0.2) is 17.5 Å². The van der Waals surface area contributed by atoms with Crippen LogP contribution in [-0.2, 0) is 0 Å². The Bertz CT molecular complexity index is 129. The molecule has 0 aromatic heterocycles. The number of fused-ring (bicyclic) bond motifs is 1. The molecule has 2 rings (SSSR count). The van der Waals surface area contributed by atoms with Crippen LogP contribution >= 0.6 is 0 Å². The first kappa shape index (κ1) is 5.33. The van der Waals surface area contributed by atoms with Gasteiger partial charge in [-0.15, -0.1) is 0 Å². The summed E-state index contributed by atoms with van der Waals surface area (Å²) in [5.74, 6) is 0. The van der Waals surface area contributed by atoms with E-state index in [0.29, 0.717) is 0 Å². The Balaban J connectivity index is 2.03. The van der Waals surface area contributed by atoms with Crippen LogP contribution in [0.3, 0.4) is 0 Å². The Labute approximate surface area is 56.4 Å². The summed E-state index contributed by atoms with van der Waals surface area (Å²) in [6, 6.07) is 0.888. The Morgan fingerprint density at radius 2 is 2.33 bits per heavy atom. The molecule has 0 spiro atoms. The van der Waals surface area contributed by atoms with Crippen LogP contribution < -0.4 is 0 Å². The molecule has 50 valence electrons. The van der Waals surface area contributed by atoms with Crippen molar-refractivity contribution < 1.29 is 0 Å². The van der Waals surface area contributed by atoms with Gasteiger partial charge >= 0.3 is 0 Å². The molecular formula is C8H13N. The molecule has 0 radical (unpaired) electrons. The van der Waals surface area contributed by atoms with E-state index in [-0.39, 0.29) is 0 Å². The van der Waals surface area contributed by atoms with Crippen LogP contribution in [0.2, 0.25) is 0 Å². The van der Waals surface area contributed by atoms with Gasteiger partial charge < -0.3 is 4.90 Å². The van der Waals surface area contributed by atoms with E-state index in [2.05, 4.69) is 17.2 Å². The summed E-state index contributed by atoms with van der Waals surface area (Å²) in [5, 5.41) is 0. The average Bonchev–Trinajstić information content (AvgIpc) is 2.33. The van der Waals surface area contributed by atoms with E-state index in [1.54, 1.807) is 0 Å². The summed E-state index contributed by atoms with van der Waals surface area (Å²) in [6.45, 7) is 1.31. The molecule has 2 aliphatic rings. The minimum atomic E-state index is 0.888. The zero-order valence-electron chi connectivity index (χ0n) is 5.71. The lowest BCUT2D eigenvalue weighted by atomic mass is 10.0. The highest BCUT2D eigenvalue weighted by molar-refractivity contribution is 4.99. The molecule has 1 nitrogen and oxygen atoms in total. The maximum absolute atomic E-state index is 2.49. The largest absolute Gasteiger partial charge is 0.374 e. The summed E-state index contributed by atoms with van der Waals surface area (Å²) in [6.07, 6.45) is 10.1. The second-order valence-corrected chi connectivity index (χ2v) is 3.01. The second kappa shape index (κ2) is 2.05. The molecule has 0 N–H and O–H groups in total. The zero-order valence-corrected chi connectivity index (χ0v) is 5.71. The fourth-order valence-corrected chi connectivity index (χ4v) is 1.83. The Morgan fingerprint density at radius 1 is 1.33 bits per heavy atom. The van der Waals surface area contributed by atoms with Crippen molar-refractivity contribution in [2.24, 2.45) is 0 Å². The van der Waals surface area contributed by atoms with Crippen LogP contribution in [0.4, 0.5) is 0 Å². The molecular weight excluding hydrogens is 110 g/mol. The van der Waals surface area contributed by atoms with Gasteiger partial charge in [-0.3, -0.25) is 0 Å². The van der Waals surface area contributed by atoms with Crippen molar-refractivity contribution in [2.45, 2.75) is 31.7 Å². The quantitative estimate of drug-likeness (QED) is 0.474. The number of hydrogen-bond acceptors (Lipinski definition) is 1. The van der Waals surface area contributed by atoms with Crippen LogP contribution in [0, 0.1) is 0 Å². The highest BCUT2D eigenvalue weighted by Crippen LogP contribution is 2.24. The molecule has 0 bridgehead atoms. The summed E-state index contributed by atoms with van der Waals surface area (Å²) >= 11 is 0. The minimum absolute atomic E-state index is 0.888. The van der Waals surface area contributed by atoms with E-state index in [9.17, 15) is 0 Å². The molecule has 1 heteroatoms. The van der Waals surface area contributed by atoms with Crippen LogP contribution in [0.25, 0.3) is 0 Å². The number of rotatable bonds is 0. The molecule has 2 heterocycles. The number of nitrogens with zero attached hydrogens (tertiary/aromatic N) is 1. The van der Waals surface area contributed by atoms with E-state index in [1.807, 2.05) is 0 Å².